The van der Waals surface area contributed by atoms with E-state index in [1.165, 1.54) is 321 Å². The van der Waals surface area contributed by atoms with Crippen LogP contribution in [0.5, 0.6) is 0 Å². The van der Waals surface area contributed by atoms with Gasteiger partial charge in [-0.05, 0) is 32.1 Å². The van der Waals surface area contributed by atoms with Crippen LogP contribution in [-0.4, -0.2) is 47.4 Å². The SMILES string of the molecule is CCCCCCCCCCCCC/C=C/C(O)C(CO)NC(=O)CCCCCCCCCCCCCCCCCCCCCCCCCCCCCCCCOC(=O)CCCCCCCCCCCCCCCC. The van der Waals surface area contributed by atoms with Gasteiger partial charge in [0.1, 0.15) is 0 Å². The topological polar surface area (TPSA) is 95.9 Å². The van der Waals surface area contributed by atoms with Gasteiger partial charge < -0.3 is 20.3 Å². The molecule has 0 aromatic carbocycles. The van der Waals surface area contributed by atoms with Gasteiger partial charge in [0.2, 0.25) is 5.91 Å². The van der Waals surface area contributed by atoms with Crippen molar-refractivity contribution in [1.82, 2.24) is 5.32 Å². The van der Waals surface area contributed by atoms with E-state index in [4.69, 9.17) is 4.74 Å². The molecule has 6 heteroatoms. The molecule has 0 aromatic rings. The number of aliphatic hydroxyl groups excluding tert-OH is 2. The molecule has 6 nitrogen and oxygen atoms in total. The second-order valence-electron chi connectivity index (χ2n) is 23.5. The average Bonchev–Trinajstić information content (AvgIpc) is 3.40. The van der Waals surface area contributed by atoms with Crippen LogP contribution in [0.1, 0.15) is 386 Å². The van der Waals surface area contributed by atoms with Crippen molar-refractivity contribution >= 4 is 11.9 Å². The van der Waals surface area contributed by atoms with Crippen molar-refractivity contribution in [3.63, 3.8) is 0 Å². The Balaban J connectivity index is 3.32. The van der Waals surface area contributed by atoms with E-state index in [-0.39, 0.29) is 18.5 Å². The van der Waals surface area contributed by atoms with Crippen LogP contribution in [-0.2, 0) is 14.3 Å². The molecule has 0 aromatic heterocycles. The fraction of sp³-hybridized carbons (Fsp3) is 0.941. The first-order chi connectivity index (χ1) is 36.5. The number of carbonyl (C=O) groups is 2. The summed E-state index contributed by atoms with van der Waals surface area (Å²) in [7, 11) is 0. The van der Waals surface area contributed by atoms with Gasteiger partial charge in [-0.15, -0.1) is 0 Å². The monoisotopic (exact) mass is 1040 g/mol. The largest absolute Gasteiger partial charge is 0.466 e. The Morgan fingerprint density at radius 3 is 0.919 bits per heavy atom. The molecule has 0 saturated carbocycles. The normalized spacial score (nSPS) is 12.5. The van der Waals surface area contributed by atoms with Crippen LogP contribution in [0.25, 0.3) is 0 Å². The molecule has 0 aliphatic carbocycles. The lowest BCUT2D eigenvalue weighted by Crippen LogP contribution is -2.45. The van der Waals surface area contributed by atoms with Crippen molar-refractivity contribution < 1.29 is 24.5 Å². The third-order valence-corrected chi connectivity index (χ3v) is 16.1. The molecule has 0 rings (SSSR count). The number of hydrogen-bond donors (Lipinski definition) is 3. The van der Waals surface area contributed by atoms with Crippen LogP contribution in [0.4, 0.5) is 0 Å². The van der Waals surface area contributed by atoms with Gasteiger partial charge in [-0.3, -0.25) is 9.59 Å². The summed E-state index contributed by atoms with van der Waals surface area (Å²) >= 11 is 0. The van der Waals surface area contributed by atoms with E-state index in [9.17, 15) is 19.8 Å². The Labute approximate surface area is 463 Å². The minimum atomic E-state index is -0.840. The van der Waals surface area contributed by atoms with Gasteiger partial charge in [0.15, 0.2) is 0 Å². The second kappa shape index (κ2) is 64.1. The molecule has 3 N–H and O–H groups in total. The lowest BCUT2D eigenvalue weighted by atomic mass is 10.0. The Bertz CT molecular complexity index is 1110. The Hall–Kier alpha value is -1.40. The molecular formula is C68H133NO5. The van der Waals surface area contributed by atoms with Crippen LogP contribution in [0.2, 0.25) is 0 Å². The summed E-state index contributed by atoms with van der Waals surface area (Å²) in [5, 5.41) is 23.1. The smallest absolute Gasteiger partial charge is 0.305 e. The number of ether oxygens (including phenoxy) is 1. The highest BCUT2D eigenvalue weighted by Crippen LogP contribution is 2.19. The lowest BCUT2D eigenvalue weighted by Gasteiger charge is -2.20. The predicted molar refractivity (Wildman–Crippen MR) is 324 cm³/mol. The number of allylic oxidation sites excluding steroid dienone is 1. The van der Waals surface area contributed by atoms with Crippen molar-refractivity contribution in [2.75, 3.05) is 13.2 Å². The molecule has 0 heterocycles. The first kappa shape index (κ1) is 72.6. The van der Waals surface area contributed by atoms with Gasteiger partial charge in [-0.25, -0.2) is 0 Å². The lowest BCUT2D eigenvalue weighted by molar-refractivity contribution is -0.143. The molecular weight excluding hydrogens is 911 g/mol. The van der Waals surface area contributed by atoms with Crippen molar-refractivity contribution in [2.45, 2.75) is 398 Å². The fourth-order valence-corrected chi connectivity index (χ4v) is 10.9. The zero-order valence-electron chi connectivity index (χ0n) is 50.4. The highest BCUT2D eigenvalue weighted by Gasteiger charge is 2.18. The molecule has 0 aliphatic heterocycles. The first-order valence-electron chi connectivity index (χ1n) is 34.0. The molecule has 440 valence electrons. The number of aliphatic hydroxyl groups is 2. The van der Waals surface area contributed by atoms with E-state index in [0.29, 0.717) is 19.4 Å². The standard InChI is InChI=1S/C68H133NO5/c1-3-5-7-9-11-13-15-17-38-42-46-50-54-58-62-68(73)74-63-59-55-51-47-43-39-35-33-31-29-27-25-23-21-19-18-20-22-24-26-28-30-32-34-37-41-45-49-53-57-61-67(72)69-65(64-70)66(71)60-56-52-48-44-40-36-16-14-12-10-8-6-4-2/h56,60,65-66,70-71H,3-55,57-59,61-64H2,1-2H3,(H,69,72)/b60-56+. The Kier molecular flexibility index (Phi) is 62.9. The number of carbonyl (C=O) groups excluding carboxylic acids is 2. The third kappa shape index (κ3) is 59.8. The summed E-state index contributed by atoms with van der Waals surface area (Å²) in [4.78, 5) is 24.5. The summed E-state index contributed by atoms with van der Waals surface area (Å²) in [5.74, 6) is -0.0395. The van der Waals surface area contributed by atoms with Crippen molar-refractivity contribution in [3.05, 3.63) is 12.2 Å². The van der Waals surface area contributed by atoms with E-state index in [1.807, 2.05) is 6.08 Å². The van der Waals surface area contributed by atoms with E-state index in [1.54, 1.807) is 6.08 Å². The summed E-state index contributed by atoms with van der Waals surface area (Å²) < 4.78 is 5.50. The van der Waals surface area contributed by atoms with Gasteiger partial charge in [0, 0.05) is 12.8 Å². The summed E-state index contributed by atoms with van der Waals surface area (Å²) in [6.45, 7) is 4.94. The van der Waals surface area contributed by atoms with Crippen molar-refractivity contribution in [2.24, 2.45) is 0 Å². The number of hydrogen-bond acceptors (Lipinski definition) is 5. The van der Waals surface area contributed by atoms with E-state index < -0.39 is 12.1 Å². The number of unbranched alkanes of at least 4 members (excludes halogenated alkanes) is 53. The van der Waals surface area contributed by atoms with Crippen LogP contribution < -0.4 is 5.32 Å². The summed E-state index contributed by atoms with van der Waals surface area (Å²) in [6.07, 6.45) is 78.6. The van der Waals surface area contributed by atoms with Gasteiger partial charge >= 0.3 is 5.97 Å². The van der Waals surface area contributed by atoms with E-state index >= 15 is 0 Å². The van der Waals surface area contributed by atoms with Crippen molar-refractivity contribution in [1.29, 1.82) is 0 Å². The Morgan fingerprint density at radius 1 is 0.365 bits per heavy atom. The molecule has 0 aliphatic rings. The molecule has 2 unspecified atom stereocenters. The van der Waals surface area contributed by atoms with Crippen LogP contribution in [0.3, 0.4) is 0 Å². The fourth-order valence-electron chi connectivity index (χ4n) is 10.9. The van der Waals surface area contributed by atoms with Crippen LogP contribution >= 0.6 is 0 Å². The maximum absolute atomic E-state index is 12.5. The van der Waals surface area contributed by atoms with Crippen molar-refractivity contribution in [3.8, 4) is 0 Å². The number of amides is 1. The molecule has 0 radical (unpaired) electrons. The first-order valence-corrected chi connectivity index (χ1v) is 34.0. The van der Waals surface area contributed by atoms with Gasteiger partial charge in [0.25, 0.3) is 0 Å². The second-order valence-corrected chi connectivity index (χ2v) is 23.5. The van der Waals surface area contributed by atoms with Gasteiger partial charge in [-0.1, -0.05) is 353 Å². The zero-order chi connectivity index (χ0) is 53.6. The molecule has 0 saturated heterocycles. The van der Waals surface area contributed by atoms with Gasteiger partial charge in [-0.2, -0.15) is 0 Å². The minimum Gasteiger partial charge on any atom is -0.466 e. The molecule has 1 amide bonds. The summed E-state index contributed by atoms with van der Waals surface area (Å²) in [5.41, 5.74) is 0. The summed E-state index contributed by atoms with van der Waals surface area (Å²) in [6, 6.07) is -0.623. The maximum atomic E-state index is 12.5. The number of rotatable bonds is 64. The molecule has 74 heavy (non-hydrogen) atoms. The van der Waals surface area contributed by atoms with Crippen LogP contribution in [0, 0.1) is 0 Å². The highest BCUT2D eigenvalue weighted by atomic mass is 16.5. The number of nitrogens with one attached hydrogen (secondary N) is 1. The molecule has 2 atom stereocenters. The number of esters is 1. The minimum absolute atomic E-state index is 0.0228. The van der Waals surface area contributed by atoms with Gasteiger partial charge in [0.05, 0.1) is 25.4 Å². The zero-order valence-corrected chi connectivity index (χ0v) is 50.4. The predicted octanol–water partition coefficient (Wildman–Crippen LogP) is 21.6. The van der Waals surface area contributed by atoms with E-state index in [2.05, 4.69) is 19.2 Å². The Morgan fingerprint density at radius 2 is 0.622 bits per heavy atom. The molecule has 0 bridgehead atoms. The molecule has 0 fully saturated rings. The average molecular weight is 1040 g/mol. The van der Waals surface area contributed by atoms with Crippen LogP contribution in [0.15, 0.2) is 12.2 Å². The maximum Gasteiger partial charge on any atom is 0.305 e. The third-order valence-electron chi connectivity index (χ3n) is 16.1. The highest BCUT2D eigenvalue weighted by molar-refractivity contribution is 5.76. The quantitative estimate of drug-likeness (QED) is 0.0320. The van der Waals surface area contributed by atoms with E-state index in [0.717, 1.165) is 38.5 Å². The molecule has 0 spiro atoms.